The van der Waals surface area contributed by atoms with E-state index in [1.807, 2.05) is 12.1 Å². The van der Waals surface area contributed by atoms with Crippen LogP contribution in [0.4, 0.5) is 0 Å². The van der Waals surface area contributed by atoms with Crippen LogP contribution >= 0.6 is 0 Å². The number of oxazole rings is 1. The molecule has 0 radical (unpaired) electrons. The van der Waals surface area contributed by atoms with E-state index in [0.717, 1.165) is 18.6 Å². The van der Waals surface area contributed by atoms with E-state index in [-0.39, 0.29) is 6.10 Å². The van der Waals surface area contributed by atoms with Gasteiger partial charge in [-0.2, -0.15) is 0 Å². The van der Waals surface area contributed by atoms with Crippen LogP contribution in [0.25, 0.3) is 11.1 Å². The highest BCUT2D eigenvalue weighted by Gasteiger charge is 2.34. The molecule has 0 spiro atoms. The molecule has 2 bridgehead atoms. The molecule has 5 heteroatoms. The third-order valence-electron chi connectivity index (χ3n) is 4.13. The minimum absolute atomic E-state index is 0.266. The Kier molecular flexibility index (Phi) is 2.41. The molecule has 2 saturated heterocycles. The van der Waals surface area contributed by atoms with Crippen LogP contribution in [0.3, 0.4) is 0 Å². The van der Waals surface area contributed by atoms with Gasteiger partial charge in [0, 0.05) is 18.2 Å². The summed E-state index contributed by atoms with van der Waals surface area (Å²) in [5.41, 5.74) is 1.27. The van der Waals surface area contributed by atoms with Crippen LogP contribution in [0.2, 0.25) is 0 Å². The molecule has 1 aromatic heterocycles. The van der Waals surface area contributed by atoms with Crippen molar-refractivity contribution in [2.75, 3.05) is 0 Å². The maximum absolute atomic E-state index is 11.1. The lowest BCUT2D eigenvalue weighted by Gasteiger charge is -2.29. The van der Waals surface area contributed by atoms with Gasteiger partial charge in [-0.05, 0) is 37.8 Å². The van der Waals surface area contributed by atoms with Crippen LogP contribution in [-0.4, -0.2) is 23.2 Å². The molecule has 2 N–H and O–H groups in total. The quantitative estimate of drug-likeness (QED) is 0.863. The number of H-pyrrole nitrogens is 1. The number of nitrogens with one attached hydrogen (secondary N) is 2. The van der Waals surface area contributed by atoms with E-state index in [0.29, 0.717) is 23.2 Å². The number of hydrogen-bond acceptors (Lipinski definition) is 4. The third kappa shape index (κ3) is 2.04. The number of fused-ring (bicyclic) bond motifs is 3. The summed E-state index contributed by atoms with van der Waals surface area (Å²) in [6.45, 7) is 0. The highest BCUT2D eigenvalue weighted by atomic mass is 16.5. The average molecular weight is 260 g/mol. The summed E-state index contributed by atoms with van der Waals surface area (Å²) < 4.78 is 11.1. The van der Waals surface area contributed by atoms with Crippen LogP contribution in [-0.2, 0) is 0 Å². The fourth-order valence-corrected chi connectivity index (χ4v) is 3.29. The standard InChI is InChI=1S/C14H16N2O3/c17-14-16-12-4-3-10(7-13(12)19-14)18-11-5-8-1-2-9(6-11)15-8/h3-4,7-9,11,15H,1-2,5-6H2,(H,16,17)/t8-,9-/m1/s1. The molecule has 19 heavy (non-hydrogen) atoms. The number of ether oxygens (including phenoxy) is 1. The molecule has 1 aromatic carbocycles. The van der Waals surface area contributed by atoms with Crippen molar-refractivity contribution in [3.05, 3.63) is 28.7 Å². The van der Waals surface area contributed by atoms with Gasteiger partial charge in [-0.15, -0.1) is 0 Å². The first-order valence-corrected chi connectivity index (χ1v) is 6.82. The Hall–Kier alpha value is -1.75. The number of rotatable bonds is 2. The van der Waals surface area contributed by atoms with Gasteiger partial charge in [-0.3, -0.25) is 4.98 Å². The van der Waals surface area contributed by atoms with E-state index >= 15 is 0 Å². The second-order valence-electron chi connectivity index (χ2n) is 5.52. The normalized spacial score (nSPS) is 29.8. The van der Waals surface area contributed by atoms with Gasteiger partial charge >= 0.3 is 5.76 Å². The van der Waals surface area contributed by atoms with Crippen molar-refractivity contribution in [3.63, 3.8) is 0 Å². The Labute approximate surface area is 109 Å². The number of aromatic amines is 1. The van der Waals surface area contributed by atoms with Crippen LogP contribution in [0.15, 0.2) is 27.4 Å². The van der Waals surface area contributed by atoms with E-state index in [4.69, 9.17) is 9.15 Å². The zero-order valence-corrected chi connectivity index (χ0v) is 10.5. The predicted octanol–water partition coefficient (Wildman–Crippen LogP) is 1.78. The lowest BCUT2D eigenvalue weighted by molar-refractivity contribution is 0.137. The molecule has 2 aliphatic heterocycles. The molecule has 2 aliphatic rings. The van der Waals surface area contributed by atoms with Crippen molar-refractivity contribution >= 4 is 11.1 Å². The first-order valence-electron chi connectivity index (χ1n) is 6.82. The SMILES string of the molecule is O=c1[nH]c2ccc(OC3C[C@H]4CC[C@H](C3)N4)cc2o1. The molecule has 0 saturated carbocycles. The van der Waals surface area contributed by atoms with Crippen molar-refractivity contribution in [2.45, 2.75) is 43.9 Å². The zero-order chi connectivity index (χ0) is 12.8. The maximum atomic E-state index is 11.1. The van der Waals surface area contributed by atoms with Gasteiger partial charge in [-0.25, -0.2) is 4.79 Å². The van der Waals surface area contributed by atoms with Crippen molar-refractivity contribution in [1.82, 2.24) is 10.3 Å². The second kappa shape index (κ2) is 4.13. The molecule has 2 fully saturated rings. The Balaban J connectivity index is 1.56. The van der Waals surface area contributed by atoms with E-state index in [9.17, 15) is 4.79 Å². The molecule has 4 rings (SSSR count). The largest absolute Gasteiger partial charge is 0.490 e. The van der Waals surface area contributed by atoms with Gasteiger partial charge in [0.15, 0.2) is 5.58 Å². The van der Waals surface area contributed by atoms with Crippen molar-refractivity contribution in [2.24, 2.45) is 0 Å². The fourth-order valence-electron chi connectivity index (χ4n) is 3.29. The number of piperidine rings is 1. The van der Waals surface area contributed by atoms with Crippen LogP contribution in [0, 0.1) is 0 Å². The third-order valence-corrected chi connectivity index (χ3v) is 4.13. The molecule has 5 nitrogen and oxygen atoms in total. The Morgan fingerprint density at radius 1 is 1.21 bits per heavy atom. The summed E-state index contributed by atoms with van der Waals surface area (Å²) in [5, 5.41) is 3.59. The van der Waals surface area contributed by atoms with E-state index in [2.05, 4.69) is 10.3 Å². The molecule has 0 unspecified atom stereocenters. The first kappa shape index (κ1) is 11.1. The molecule has 0 amide bonds. The van der Waals surface area contributed by atoms with Gasteiger partial charge < -0.3 is 14.5 Å². The summed E-state index contributed by atoms with van der Waals surface area (Å²) in [7, 11) is 0. The van der Waals surface area contributed by atoms with Crippen LogP contribution in [0.5, 0.6) is 5.75 Å². The minimum atomic E-state index is -0.424. The minimum Gasteiger partial charge on any atom is -0.490 e. The van der Waals surface area contributed by atoms with E-state index in [1.165, 1.54) is 12.8 Å². The summed E-state index contributed by atoms with van der Waals surface area (Å²) >= 11 is 0. The molecule has 100 valence electrons. The van der Waals surface area contributed by atoms with E-state index < -0.39 is 5.76 Å². The van der Waals surface area contributed by atoms with Crippen LogP contribution in [0.1, 0.15) is 25.7 Å². The highest BCUT2D eigenvalue weighted by Crippen LogP contribution is 2.30. The Bertz CT molecular complexity index is 648. The van der Waals surface area contributed by atoms with Crippen LogP contribution < -0.4 is 15.8 Å². The summed E-state index contributed by atoms with van der Waals surface area (Å²) in [6, 6.07) is 6.72. The maximum Gasteiger partial charge on any atom is 0.417 e. The van der Waals surface area contributed by atoms with Crippen molar-refractivity contribution < 1.29 is 9.15 Å². The number of hydrogen-bond donors (Lipinski definition) is 2. The second-order valence-corrected chi connectivity index (χ2v) is 5.52. The van der Waals surface area contributed by atoms with Crippen molar-refractivity contribution in [1.29, 1.82) is 0 Å². The lowest BCUT2D eigenvalue weighted by Crippen LogP contribution is -2.42. The summed E-state index contributed by atoms with van der Waals surface area (Å²) in [5.74, 6) is 0.355. The van der Waals surface area contributed by atoms with E-state index in [1.54, 1.807) is 6.07 Å². The molecular weight excluding hydrogens is 244 g/mol. The zero-order valence-electron chi connectivity index (χ0n) is 10.5. The topological polar surface area (TPSA) is 67.3 Å². The molecule has 0 aliphatic carbocycles. The van der Waals surface area contributed by atoms with Gasteiger partial charge in [0.05, 0.1) is 5.52 Å². The number of benzene rings is 1. The van der Waals surface area contributed by atoms with Gasteiger partial charge in [0.2, 0.25) is 0 Å². The smallest absolute Gasteiger partial charge is 0.417 e. The molecule has 3 heterocycles. The Morgan fingerprint density at radius 2 is 2.00 bits per heavy atom. The summed E-state index contributed by atoms with van der Waals surface area (Å²) in [4.78, 5) is 13.7. The number of aromatic nitrogens is 1. The predicted molar refractivity (Wildman–Crippen MR) is 70.4 cm³/mol. The van der Waals surface area contributed by atoms with Gasteiger partial charge in [0.25, 0.3) is 0 Å². The highest BCUT2D eigenvalue weighted by molar-refractivity contribution is 5.73. The van der Waals surface area contributed by atoms with Gasteiger partial charge in [0.1, 0.15) is 11.9 Å². The molecular formula is C14H16N2O3. The van der Waals surface area contributed by atoms with Gasteiger partial charge in [-0.1, -0.05) is 0 Å². The monoisotopic (exact) mass is 260 g/mol. The first-order chi connectivity index (χ1) is 9.26. The van der Waals surface area contributed by atoms with Crippen molar-refractivity contribution in [3.8, 4) is 5.75 Å². The average Bonchev–Trinajstić information content (AvgIpc) is 2.91. The molecule has 2 atom stereocenters. The summed E-state index contributed by atoms with van der Waals surface area (Å²) in [6.07, 6.45) is 4.91. The fraction of sp³-hybridized carbons (Fsp3) is 0.500. The molecule has 2 aromatic rings. The lowest BCUT2D eigenvalue weighted by atomic mass is 10.0. The Morgan fingerprint density at radius 3 is 2.79 bits per heavy atom.